The van der Waals surface area contributed by atoms with Crippen molar-refractivity contribution in [2.24, 2.45) is 5.92 Å². The summed E-state index contributed by atoms with van der Waals surface area (Å²) in [5, 5.41) is 3.49. The second-order valence-corrected chi connectivity index (χ2v) is 4.87. The smallest absolute Gasteiger partial charge is 0.0312 e. The van der Waals surface area contributed by atoms with Crippen LogP contribution >= 0.6 is 11.8 Å². The number of hydrogen-bond acceptors (Lipinski definition) is 3. The van der Waals surface area contributed by atoms with Crippen LogP contribution < -0.4 is 5.32 Å². The van der Waals surface area contributed by atoms with E-state index in [-0.39, 0.29) is 0 Å². The van der Waals surface area contributed by atoms with Gasteiger partial charge in [-0.05, 0) is 42.0 Å². The largest absolute Gasteiger partial charge is 0.312 e. The molecule has 0 amide bonds. The van der Waals surface area contributed by atoms with Crippen molar-refractivity contribution in [3.8, 4) is 0 Å². The first kappa shape index (κ1) is 9.99. The molecule has 2 rings (SSSR count). The Labute approximate surface area is 89.5 Å². The van der Waals surface area contributed by atoms with E-state index in [4.69, 9.17) is 0 Å². The van der Waals surface area contributed by atoms with E-state index in [1.165, 1.54) is 23.5 Å². The molecule has 1 atom stereocenters. The number of pyridine rings is 1. The molecule has 0 saturated carbocycles. The molecule has 1 aliphatic heterocycles. The summed E-state index contributed by atoms with van der Waals surface area (Å²) in [5.74, 6) is 3.57. The van der Waals surface area contributed by atoms with Crippen LogP contribution in [0.1, 0.15) is 12.0 Å². The van der Waals surface area contributed by atoms with Crippen LogP contribution in [-0.4, -0.2) is 23.0 Å². The number of hydrogen-bond donors (Lipinski definition) is 1. The van der Waals surface area contributed by atoms with Crippen molar-refractivity contribution >= 4 is 11.8 Å². The van der Waals surface area contributed by atoms with Crippen molar-refractivity contribution in [3.63, 3.8) is 0 Å². The summed E-state index contributed by atoms with van der Waals surface area (Å²) < 4.78 is 0. The lowest BCUT2D eigenvalue weighted by molar-refractivity contribution is 0.523. The Kier molecular flexibility index (Phi) is 3.83. The molecule has 1 aromatic heterocycles. The lowest BCUT2D eigenvalue weighted by atomic mass is 10.1. The fourth-order valence-corrected chi connectivity index (χ4v) is 2.95. The lowest BCUT2D eigenvalue weighted by Crippen LogP contribution is -2.22. The van der Waals surface area contributed by atoms with Crippen molar-refractivity contribution in [1.29, 1.82) is 0 Å². The average molecular weight is 208 g/mol. The van der Waals surface area contributed by atoms with Crippen molar-refractivity contribution in [2.45, 2.75) is 13.0 Å². The Balaban J connectivity index is 1.67. The SMILES string of the molecule is c1cncc(CNCC2CCSC2)c1. The molecule has 0 bridgehead atoms. The van der Waals surface area contributed by atoms with Crippen LogP contribution in [0.15, 0.2) is 24.5 Å². The molecule has 2 nitrogen and oxygen atoms in total. The molecule has 0 aliphatic carbocycles. The summed E-state index contributed by atoms with van der Waals surface area (Å²) in [5.41, 5.74) is 1.28. The first-order chi connectivity index (χ1) is 6.95. The Hall–Kier alpha value is -0.540. The molecule has 0 spiro atoms. The molecule has 14 heavy (non-hydrogen) atoms. The maximum atomic E-state index is 4.09. The standard InChI is InChI=1S/C11H16N2S/c1-2-10(6-12-4-1)7-13-8-11-3-5-14-9-11/h1-2,4,6,11,13H,3,5,7-9H2. The molecule has 2 heterocycles. The third-order valence-electron chi connectivity index (χ3n) is 2.51. The zero-order valence-corrected chi connectivity index (χ0v) is 9.09. The van der Waals surface area contributed by atoms with Crippen LogP contribution in [0.25, 0.3) is 0 Å². The zero-order valence-electron chi connectivity index (χ0n) is 8.28. The van der Waals surface area contributed by atoms with Gasteiger partial charge in [-0.1, -0.05) is 6.07 Å². The molecule has 1 aliphatic rings. The Morgan fingerprint density at radius 3 is 3.29 bits per heavy atom. The molecule has 3 heteroatoms. The predicted molar refractivity (Wildman–Crippen MR) is 61.4 cm³/mol. The third kappa shape index (κ3) is 3.00. The van der Waals surface area contributed by atoms with E-state index in [2.05, 4.69) is 28.1 Å². The Morgan fingerprint density at radius 1 is 1.57 bits per heavy atom. The molecule has 0 aromatic carbocycles. The second-order valence-electron chi connectivity index (χ2n) is 3.72. The Bertz CT molecular complexity index is 257. The minimum Gasteiger partial charge on any atom is -0.312 e. The van der Waals surface area contributed by atoms with Crippen molar-refractivity contribution in [2.75, 3.05) is 18.1 Å². The van der Waals surface area contributed by atoms with Gasteiger partial charge in [-0.25, -0.2) is 0 Å². The number of thioether (sulfide) groups is 1. The topological polar surface area (TPSA) is 24.9 Å². The highest BCUT2D eigenvalue weighted by Gasteiger charge is 2.14. The van der Waals surface area contributed by atoms with Crippen molar-refractivity contribution in [3.05, 3.63) is 30.1 Å². The lowest BCUT2D eigenvalue weighted by Gasteiger charge is -2.09. The van der Waals surface area contributed by atoms with Gasteiger partial charge in [-0.3, -0.25) is 4.98 Å². The summed E-state index contributed by atoms with van der Waals surface area (Å²) in [4.78, 5) is 4.09. The predicted octanol–water partition coefficient (Wildman–Crippen LogP) is 1.92. The number of rotatable bonds is 4. The van der Waals surface area contributed by atoms with Crippen LogP contribution in [0.3, 0.4) is 0 Å². The van der Waals surface area contributed by atoms with Crippen LogP contribution in [-0.2, 0) is 6.54 Å². The fourth-order valence-electron chi connectivity index (χ4n) is 1.67. The van der Waals surface area contributed by atoms with Gasteiger partial charge < -0.3 is 5.32 Å². The summed E-state index contributed by atoms with van der Waals surface area (Å²) in [6, 6.07) is 4.10. The minimum absolute atomic E-state index is 0.886. The van der Waals surface area contributed by atoms with E-state index in [9.17, 15) is 0 Å². The number of nitrogens with zero attached hydrogens (tertiary/aromatic N) is 1. The third-order valence-corrected chi connectivity index (χ3v) is 3.74. The number of nitrogens with one attached hydrogen (secondary N) is 1. The van der Waals surface area contributed by atoms with Gasteiger partial charge in [0.25, 0.3) is 0 Å². The quantitative estimate of drug-likeness (QED) is 0.818. The summed E-state index contributed by atoms with van der Waals surface area (Å²) in [7, 11) is 0. The molecular weight excluding hydrogens is 192 g/mol. The molecule has 1 unspecified atom stereocenters. The van der Waals surface area contributed by atoms with E-state index in [1.807, 2.05) is 18.5 Å². The van der Waals surface area contributed by atoms with Crippen LogP contribution in [0.5, 0.6) is 0 Å². The highest BCUT2D eigenvalue weighted by Crippen LogP contribution is 2.22. The molecule has 76 valence electrons. The molecule has 0 radical (unpaired) electrons. The van der Waals surface area contributed by atoms with Gasteiger partial charge in [0, 0.05) is 18.9 Å². The van der Waals surface area contributed by atoms with Crippen molar-refractivity contribution in [1.82, 2.24) is 10.3 Å². The minimum atomic E-state index is 0.886. The maximum absolute atomic E-state index is 4.09. The van der Waals surface area contributed by atoms with Gasteiger partial charge >= 0.3 is 0 Å². The van der Waals surface area contributed by atoms with E-state index >= 15 is 0 Å². The van der Waals surface area contributed by atoms with E-state index < -0.39 is 0 Å². The highest BCUT2D eigenvalue weighted by molar-refractivity contribution is 7.99. The van der Waals surface area contributed by atoms with Crippen LogP contribution in [0.2, 0.25) is 0 Å². The fraction of sp³-hybridized carbons (Fsp3) is 0.545. The average Bonchev–Trinajstić information content (AvgIpc) is 2.72. The van der Waals surface area contributed by atoms with E-state index in [0.717, 1.165) is 19.0 Å². The Morgan fingerprint density at radius 2 is 2.57 bits per heavy atom. The normalized spacial score (nSPS) is 21.3. The molecule has 1 saturated heterocycles. The number of aromatic nitrogens is 1. The monoisotopic (exact) mass is 208 g/mol. The molecule has 1 fully saturated rings. The zero-order chi connectivity index (χ0) is 9.64. The molecular formula is C11H16N2S. The molecule has 1 N–H and O–H groups in total. The van der Waals surface area contributed by atoms with Gasteiger partial charge in [0.15, 0.2) is 0 Å². The summed E-state index contributed by atoms with van der Waals surface area (Å²) >= 11 is 2.08. The first-order valence-corrected chi connectivity index (χ1v) is 6.28. The second kappa shape index (κ2) is 5.37. The van der Waals surface area contributed by atoms with E-state index in [1.54, 1.807) is 0 Å². The van der Waals surface area contributed by atoms with E-state index in [0.29, 0.717) is 0 Å². The van der Waals surface area contributed by atoms with Gasteiger partial charge in [-0.15, -0.1) is 0 Å². The summed E-state index contributed by atoms with van der Waals surface area (Å²) in [6.45, 7) is 2.11. The summed E-state index contributed by atoms with van der Waals surface area (Å²) in [6.07, 6.45) is 5.12. The van der Waals surface area contributed by atoms with Crippen LogP contribution in [0, 0.1) is 5.92 Å². The molecule has 1 aromatic rings. The van der Waals surface area contributed by atoms with Gasteiger partial charge in [0.05, 0.1) is 0 Å². The van der Waals surface area contributed by atoms with Gasteiger partial charge in [-0.2, -0.15) is 11.8 Å². The van der Waals surface area contributed by atoms with Crippen molar-refractivity contribution < 1.29 is 0 Å². The van der Waals surface area contributed by atoms with Gasteiger partial charge in [0.2, 0.25) is 0 Å². The van der Waals surface area contributed by atoms with Gasteiger partial charge in [0.1, 0.15) is 0 Å². The highest BCUT2D eigenvalue weighted by atomic mass is 32.2. The first-order valence-electron chi connectivity index (χ1n) is 5.12. The van der Waals surface area contributed by atoms with Crippen LogP contribution in [0.4, 0.5) is 0 Å². The maximum Gasteiger partial charge on any atom is 0.0312 e.